The van der Waals surface area contributed by atoms with E-state index >= 15 is 0 Å². The van der Waals surface area contributed by atoms with Crippen molar-refractivity contribution in [3.05, 3.63) is 29.8 Å². The van der Waals surface area contributed by atoms with E-state index in [9.17, 15) is 9.59 Å². The lowest BCUT2D eigenvalue weighted by Gasteiger charge is -2.20. The van der Waals surface area contributed by atoms with E-state index < -0.39 is 6.10 Å². The minimum Gasteiger partial charge on any atom is -0.364 e. The van der Waals surface area contributed by atoms with E-state index in [0.717, 1.165) is 6.42 Å². The van der Waals surface area contributed by atoms with Crippen LogP contribution in [0.5, 0.6) is 0 Å². The Hall–Kier alpha value is -1.63. The van der Waals surface area contributed by atoms with Crippen LogP contribution in [-0.2, 0) is 9.53 Å². The van der Waals surface area contributed by atoms with E-state index in [1.807, 2.05) is 20.8 Å². The van der Waals surface area contributed by atoms with Gasteiger partial charge in [-0.05, 0) is 57.9 Å². The molecule has 0 unspecified atom stereocenters. The zero-order valence-corrected chi connectivity index (χ0v) is 15.1. The van der Waals surface area contributed by atoms with Crippen LogP contribution in [0.2, 0.25) is 0 Å². The number of ether oxygens (including phenoxy) is 1. The summed E-state index contributed by atoms with van der Waals surface area (Å²) in [6.07, 6.45) is 1.00. The molecule has 0 aromatic heterocycles. The Balaban J connectivity index is 0.00000288. The highest BCUT2D eigenvalue weighted by atomic mass is 35.5. The number of benzene rings is 1. The van der Waals surface area contributed by atoms with Gasteiger partial charge in [-0.1, -0.05) is 0 Å². The van der Waals surface area contributed by atoms with E-state index in [1.165, 1.54) is 0 Å². The topological polar surface area (TPSA) is 93.5 Å². The molecule has 1 saturated heterocycles. The molecule has 1 aromatic carbocycles. The van der Waals surface area contributed by atoms with Gasteiger partial charge < -0.3 is 21.1 Å². The van der Waals surface area contributed by atoms with Gasteiger partial charge in [0.15, 0.2) is 0 Å². The monoisotopic (exact) mass is 355 g/mol. The van der Waals surface area contributed by atoms with Gasteiger partial charge in [0, 0.05) is 23.3 Å². The maximum absolute atomic E-state index is 12.1. The zero-order valence-electron chi connectivity index (χ0n) is 14.3. The molecule has 7 heteroatoms. The first-order valence-corrected chi connectivity index (χ1v) is 7.87. The van der Waals surface area contributed by atoms with Gasteiger partial charge in [-0.3, -0.25) is 9.59 Å². The molecule has 4 N–H and O–H groups in total. The third-order valence-corrected chi connectivity index (χ3v) is 3.57. The molecular formula is C17H26ClN3O3. The Labute approximate surface area is 148 Å². The molecule has 0 bridgehead atoms. The highest BCUT2D eigenvalue weighted by molar-refractivity contribution is 5.97. The van der Waals surface area contributed by atoms with Gasteiger partial charge in [0.2, 0.25) is 0 Å². The van der Waals surface area contributed by atoms with E-state index in [1.54, 1.807) is 24.3 Å². The third-order valence-electron chi connectivity index (χ3n) is 3.57. The van der Waals surface area contributed by atoms with Crippen LogP contribution in [0, 0.1) is 0 Å². The standard InChI is InChI=1S/C17H25N3O3.ClH/c1-17(2,3)20-15(21)11-4-6-12(7-5-11)19-16(22)14-9-8-13(10-18)23-14;/h4-7,13-14H,8-10,18H2,1-3H3,(H,19,22)(H,20,21);1H/t13-,14+;/m1./s1. The van der Waals surface area contributed by atoms with E-state index in [0.29, 0.717) is 24.2 Å². The number of carbonyl (C=O) groups excluding carboxylic acids is 2. The summed E-state index contributed by atoms with van der Waals surface area (Å²) in [6.45, 7) is 6.21. The predicted molar refractivity (Wildman–Crippen MR) is 96.5 cm³/mol. The van der Waals surface area contributed by atoms with Crippen LogP contribution in [0.1, 0.15) is 44.0 Å². The second-order valence-electron chi connectivity index (χ2n) is 6.83. The van der Waals surface area contributed by atoms with E-state index in [4.69, 9.17) is 10.5 Å². The van der Waals surface area contributed by atoms with Crippen molar-refractivity contribution in [1.29, 1.82) is 0 Å². The number of rotatable bonds is 4. The molecule has 0 saturated carbocycles. The van der Waals surface area contributed by atoms with Gasteiger partial charge >= 0.3 is 0 Å². The van der Waals surface area contributed by atoms with Crippen LogP contribution < -0.4 is 16.4 Å². The fourth-order valence-electron chi connectivity index (χ4n) is 2.41. The van der Waals surface area contributed by atoms with Crippen molar-refractivity contribution in [2.75, 3.05) is 11.9 Å². The molecule has 1 heterocycles. The summed E-state index contributed by atoms with van der Waals surface area (Å²) in [4.78, 5) is 24.2. The minimum atomic E-state index is -0.451. The summed E-state index contributed by atoms with van der Waals surface area (Å²) in [5, 5.41) is 5.70. The van der Waals surface area contributed by atoms with Crippen molar-refractivity contribution >= 4 is 29.9 Å². The number of hydrogen-bond donors (Lipinski definition) is 3. The van der Waals surface area contributed by atoms with Crippen molar-refractivity contribution in [3.8, 4) is 0 Å². The molecule has 134 valence electrons. The molecule has 0 aliphatic carbocycles. The maximum Gasteiger partial charge on any atom is 0.253 e. The van der Waals surface area contributed by atoms with Crippen LogP contribution in [0.25, 0.3) is 0 Å². The molecule has 6 nitrogen and oxygen atoms in total. The Kier molecular flexibility index (Phi) is 7.20. The second kappa shape index (κ2) is 8.46. The summed E-state index contributed by atoms with van der Waals surface area (Å²) >= 11 is 0. The van der Waals surface area contributed by atoms with Crippen LogP contribution >= 0.6 is 12.4 Å². The van der Waals surface area contributed by atoms with Crippen molar-refractivity contribution in [2.24, 2.45) is 5.73 Å². The first kappa shape index (κ1) is 20.4. The SMILES string of the molecule is CC(C)(C)NC(=O)c1ccc(NC(=O)[C@@H]2CC[C@H](CN)O2)cc1.Cl. The summed E-state index contributed by atoms with van der Waals surface area (Å²) in [7, 11) is 0. The summed E-state index contributed by atoms with van der Waals surface area (Å²) in [5.74, 6) is -0.312. The largest absolute Gasteiger partial charge is 0.364 e. The molecule has 2 rings (SSSR count). The normalized spacial score (nSPS) is 20.2. The molecule has 2 atom stereocenters. The molecule has 24 heavy (non-hydrogen) atoms. The zero-order chi connectivity index (χ0) is 17.0. The number of anilines is 1. The average Bonchev–Trinajstić information content (AvgIpc) is 2.95. The molecule has 2 amide bonds. The maximum atomic E-state index is 12.1. The molecule has 1 fully saturated rings. The molecule has 0 spiro atoms. The van der Waals surface area contributed by atoms with Gasteiger partial charge in [-0.25, -0.2) is 0 Å². The quantitative estimate of drug-likeness (QED) is 0.770. The predicted octanol–water partition coefficient (Wildman–Crippen LogP) is 2.08. The summed E-state index contributed by atoms with van der Waals surface area (Å²) in [5.41, 5.74) is 6.45. The van der Waals surface area contributed by atoms with E-state index in [-0.39, 0.29) is 35.9 Å². The van der Waals surface area contributed by atoms with Crippen LogP contribution in [-0.4, -0.2) is 36.1 Å². The first-order valence-electron chi connectivity index (χ1n) is 7.87. The number of amides is 2. The molecule has 1 aromatic rings. The highest BCUT2D eigenvalue weighted by Gasteiger charge is 2.29. The highest BCUT2D eigenvalue weighted by Crippen LogP contribution is 2.20. The lowest BCUT2D eigenvalue weighted by molar-refractivity contribution is -0.126. The Morgan fingerprint density at radius 1 is 1.21 bits per heavy atom. The molecule has 1 aliphatic heterocycles. The number of halogens is 1. The third kappa shape index (κ3) is 5.78. The van der Waals surface area contributed by atoms with Crippen LogP contribution in [0.15, 0.2) is 24.3 Å². The van der Waals surface area contributed by atoms with Gasteiger partial charge in [-0.15, -0.1) is 12.4 Å². The van der Waals surface area contributed by atoms with E-state index in [2.05, 4.69) is 10.6 Å². The van der Waals surface area contributed by atoms with Gasteiger partial charge in [0.05, 0.1) is 6.10 Å². The van der Waals surface area contributed by atoms with Crippen LogP contribution in [0.4, 0.5) is 5.69 Å². The lowest BCUT2D eigenvalue weighted by Crippen LogP contribution is -2.40. The fraction of sp³-hybridized carbons (Fsp3) is 0.529. The molecular weight excluding hydrogens is 330 g/mol. The van der Waals surface area contributed by atoms with Gasteiger partial charge in [0.1, 0.15) is 6.10 Å². The Morgan fingerprint density at radius 2 is 1.83 bits per heavy atom. The fourth-order valence-corrected chi connectivity index (χ4v) is 2.41. The number of nitrogens with one attached hydrogen (secondary N) is 2. The van der Waals surface area contributed by atoms with Crippen molar-refractivity contribution in [1.82, 2.24) is 5.32 Å². The van der Waals surface area contributed by atoms with Gasteiger partial charge in [0.25, 0.3) is 11.8 Å². The Bertz CT molecular complexity index is 569. The second-order valence-corrected chi connectivity index (χ2v) is 6.83. The average molecular weight is 356 g/mol. The van der Waals surface area contributed by atoms with Crippen molar-refractivity contribution in [2.45, 2.75) is 51.4 Å². The van der Waals surface area contributed by atoms with Crippen molar-refractivity contribution in [3.63, 3.8) is 0 Å². The van der Waals surface area contributed by atoms with Gasteiger partial charge in [-0.2, -0.15) is 0 Å². The lowest BCUT2D eigenvalue weighted by atomic mass is 10.1. The number of carbonyl (C=O) groups is 2. The van der Waals surface area contributed by atoms with Crippen LogP contribution in [0.3, 0.4) is 0 Å². The minimum absolute atomic E-state index is 0. The number of hydrogen-bond acceptors (Lipinski definition) is 4. The number of nitrogens with two attached hydrogens (primary N) is 1. The smallest absolute Gasteiger partial charge is 0.253 e. The summed E-state index contributed by atoms with van der Waals surface area (Å²) in [6, 6.07) is 6.80. The summed E-state index contributed by atoms with van der Waals surface area (Å²) < 4.78 is 5.56. The molecule has 1 aliphatic rings. The Morgan fingerprint density at radius 3 is 2.33 bits per heavy atom. The molecule has 0 radical (unpaired) electrons. The van der Waals surface area contributed by atoms with Crippen molar-refractivity contribution < 1.29 is 14.3 Å². The first-order chi connectivity index (χ1) is 10.8.